The van der Waals surface area contributed by atoms with Gasteiger partial charge in [-0.3, -0.25) is 4.79 Å². The SMILES string of the molecule is CCOCC(C)Oc1cc2c(cc1Cl)C(NC)C(=O)N2. The number of rotatable bonds is 6. The third kappa shape index (κ3) is 3.06. The Balaban J connectivity index is 2.17. The van der Waals surface area contributed by atoms with Gasteiger partial charge in [0, 0.05) is 23.9 Å². The van der Waals surface area contributed by atoms with E-state index in [2.05, 4.69) is 10.6 Å². The molecule has 1 amide bonds. The molecule has 1 aliphatic rings. The van der Waals surface area contributed by atoms with Gasteiger partial charge in [0.2, 0.25) is 5.91 Å². The summed E-state index contributed by atoms with van der Waals surface area (Å²) in [7, 11) is 1.74. The average molecular weight is 299 g/mol. The lowest BCUT2D eigenvalue weighted by atomic mass is 10.1. The van der Waals surface area contributed by atoms with Crippen molar-refractivity contribution >= 4 is 23.2 Å². The molecule has 0 saturated heterocycles. The zero-order valence-electron chi connectivity index (χ0n) is 11.8. The molecule has 0 fully saturated rings. The molecule has 20 heavy (non-hydrogen) atoms. The number of carbonyl (C=O) groups excluding carboxylic acids is 1. The molecule has 0 radical (unpaired) electrons. The lowest BCUT2D eigenvalue weighted by Crippen LogP contribution is -2.23. The maximum atomic E-state index is 11.8. The summed E-state index contributed by atoms with van der Waals surface area (Å²) in [6, 6.07) is 3.16. The molecule has 1 aromatic rings. The van der Waals surface area contributed by atoms with Crippen LogP contribution in [0.15, 0.2) is 12.1 Å². The average Bonchev–Trinajstić information content (AvgIpc) is 2.71. The van der Waals surface area contributed by atoms with Gasteiger partial charge in [-0.1, -0.05) is 11.6 Å². The fourth-order valence-electron chi connectivity index (χ4n) is 2.17. The maximum absolute atomic E-state index is 11.8. The summed E-state index contributed by atoms with van der Waals surface area (Å²) in [5.74, 6) is 0.466. The molecule has 0 bridgehead atoms. The zero-order chi connectivity index (χ0) is 14.7. The fourth-order valence-corrected chi connectivity index (χ4v) is 2.39. The Bertz CT molecular complexity index is 507. The van der Waals surface area contributed by atoms with Crippen molar-refractivity contribution in [3.8, 4) is 5.75 Å². The van der Waals surface area contributed by atoms with Crippen LogP contribution in [0.2, 0.25) is 5.02 Å². The summed E-state index contributed by atoms with van der Waals surface area (Å²) in [4.78, 5) is 11.8. The molecule has 0 aromatic heterocycles. The van der Waals surface area contributed by atoms with Gasteiger partial charge in [-0.2, -0.15) is 0 Å². The van der Waals surface area contributed by atoms with E-state index in [9.17, 15) is 4.79 Å². The Morgan fingerprint density at radius 2 is 2.25 bits per heavy atom. The molecule has 1 aliphatic heterocycles. The van der Waals surface area contributed by atoms with E-state index in [-0.39, 0.29) is 18.1 Å². The number of hydrogen-bond donors (Lipinski definition) is 2. The summed E-state index contributed by atoms with van der Waals surface area (Å²) < 4.78 is 11.1. The van der Waals surface area contributed by atoms with Crippen molar-refractivity contribution in [1.82, 2.24) is 5.32 Å². The Labute approximate surface area is 123 Å². The first kappa shape index (κ1) is 15.1. The maximum Gasteiger partial charge on any atom is 0.246 e. The lowest BCUT2D eigenvalue weighted by molar-refractivity contribution is -0.117. The van der Waals surface area contributed by atoms with Gasteiger partial charge in [-0.15, -0.1) is 0 Å². The first-order valence-electron chi connectivity index (χ1n) is 6.62. The zero-order valence-corrected chi connectivity index (χ0v) is 12.6. The van der Waals surface area contributed by atoms with Crippen molar-refractivity contribution in [2.45, 2.75) is 26.0 Å². The minimum absolute atomic E-state index is 0.0851. The molecule has 2 unspecified atom stereocenters. The van der Waals surface area contributed by atoms with E-state index in [4.69, 9.17) is 21.1 Å². The third-order valence-electron chi connectivity index (χ3n) is 3.11. The van der Waals surface area contributed by atoms with Gasteiger partial charge in [-0.05, 0) is 27.0 Å². The molecule has 2 atom stereocenters. The van der Waals surface area contributed by atoms with E-state index in [1.165, 1.54) is 0 Å². The van der Waals surface area contributed by atoms with E-state index in [0.29, 0.717) is 24.0 Å². The van der Waals surface area contributed by atoms with Gasteiger partial charge in [0.15, 0.2) is 0 Å². The van der Waals surface area contributed by atoms with E-state index < -0.39 is 0 Å². The number of halogens is 1. The molecule has 0 aliphatic carbocycles. The van der Waals surface area contributed by atoms with Gasteiger partial charge in [0.05, 0.1) is 11.6 Å². The normalized spacial score (nSPS) is 18.6. The van der Waals surface area contributed by atoms with Gasteiger partial charge in [0.25, 0.3) is 0 Å². The highest BCUT2D eigenvalue weighted by Crippen LogP contribution is 2.38. The molecule has 2 rings (SSSR count). The number of benzene rings is 1. The van der Waals surface area contributed by atoms with Crippen LogP contribution in [0.5, 0.6) is 5.75 Å². The van der Waals surface area contributed by atoms with Crippen molar-refractivity contribution in [1.29, 1.82) is 0 Å². The second kappa shape index (κ2) is 6.43. The second-order valence-corrected chi connectivity index (χ2v) is 5.08. The van der Waals surface area contributed by atoms with E-state index >= 15 is 0 Å². The Kier molecular flexibility index (Phi) is 4.86. The van der Waals surface area contributed by atoms with Crippen molar-refractivity contribution in [2.75, 3.05) is 25.6 Å². The fraction of sp³-hybridized carbons (Fsp3) is 0.500. The van der Waals surface area contributed by atoms with Crippen LogP contribution in [-0.4, -0.2) is 32.3 Å². The number of anilines is 1. The Morgan fingerprint density at radius 3 is 2.90 bits per heavy atom. The quantitative estimate of drug-likeness (QED) is 0.846. The Hall–Kier alpha value is -1.30. The minimum Gasteiger partial charge on any atom is -0.487 e. The van der Waals surface area contributed by atoms with Crippen LogP contribution in [-0.2, 0) is 9.53 Å². The third-order valence-corrected chi connectivity index (χ3v) is 3.40. The largest absolute Gasteiger partial charge is 0.487 e. The van der Waals surface area contributed by atoms with E-state index in [1.807, 2.05) is 13.8 Å². The highest BCUT2D eigenvalue weighted by molar-refractivity contribution is 6.32. The molecule has 0 spiro atoms. The van der Waals surface area contributed by atoms with Crippen LogP contribution in [0.1, 0.15) is 25.5 Å². The summed E-state index contributed by atoms with van der Waals surface area (Å²) in [5, 5.41) is 6.25. The number of likely N-dealkylation sites (N-methyl/N-ethyl adjacent to an activating group) is 1. The first-order valence-corrected chi connectivity index (χ1v) is 7.00. The van der Waals surface area contributed by atoms with Crippen LogP contribution in [0.3, 0.4) is 0 Å². The van der Waals surface area contributed by atoms with Crippen molar-refractivity contribution in [2.24, 2.45) is 0 Å². The smallest absolute Gasteiger partial charge is 0.246 e. The van der Waals surface area contributed by atoms with E-state index in [0.717, 1.165) is 11.3 Å². The number of nitrogens with one attached hydrogen (secondary N) is 2. The highest BCUT2D eigenvalue weighted by Gasteiger charge is 2.30. The molecular weight excluding hydrogens is 280 g/mol. The molecule has 0 saturated carbocycles. The highest BCUT2D eigenvalue weighted by atomic mass is 35.5. The number of fused-ring (bicyclic) bond motifs is 1. The standard InChI is InChI=1S/C14H19ClN2O3/c1-4-19-7-8(2)20-12-6-11-9(5-10(12)15)13(16-3)14(18)17-11/h5-6,8,13,16H,4,7H2,1-3H3,(H,17,18). The summed E-state index contributed by atoms with van der Waals surface area (Å²) in [5.41, 5.74) is 1.57. The predicted molar refractivity (Wildman–Crippen MR) is 78.5 cm³/mol. The molecule has 1 heterocycles. The number of hydrogen-bond acceptors (Lipinski definition) is 4. The van der Waals surface area contributed by atoms with Gasteiger partial charge in [-0.25, -0.2) is 0 Å². The van der Waals surface area contributed by atoms with Crippen LogP contribution in [0.25, 0.3) is 0 Å². The number of ether oxygens (including phenoxy) is 2. The van der Waals surface area contributed by atoms with Gasteiger partial charge in [0.1, 0.15) is 17.9 Å². The Morgan fingerprint density at radius 1 is 1.50 bits per heavy atom. The minimum atomic E-state index is -0.364. The molecule has 2 N–H and O–H groups in total. The van der Waals surface area contributed by atoms with E-state index in [1.54, 1.807) is 19.2 Å². The number of amides is 1. The topological polar surface area (TPSA) is 59.6 Å². The monoisotopic (exact) mass is 298 g/mol. The molecule has 110 valence electrons. The van der Waals surface area contributed by atoms with Crippen LogP contribution >= 0.6 is 11.6 Å². The summed E-state index contributed by atoms with van der Waals surface area (Å²) in [6.45, 7) is 4.98. The van der Waals surface area contributed by atoms with Gasteiger partial charge >= 0.3 is 0 Å². The van der Waals surface area contributed by atoms with Crippen molar-refractivity contribution in [3.63, 3.8) is 0 Å². The predicted octanol–water partition coefficient (Wildman–Crippen LogP) is 2.36. The van der Waals surface area contributed by atoms with Gasteiger partial charge < -0.3 is 20.1 Å². The van der Waals surface area contributed by atoms with Crippen molar-refractivity contribution in [3.05, 3.63) is 22.7 Å². The summed E-state index contributed by atoms with van der Waals surface area (Å²) in [6.07, 6.45) is -0.109. The van der Waals surface area contributed by atoms with Crippen LogP contribution in [0, 0.1) is 0 Å². The second-order valence-electron chi connectivity index (χ2n) is 4.67. The van der Waals surface area contributed by atoms with Crippen LogP contribution in [0.4, 0.5) is 5.69 Å². The molecular formula is C14H19ClN2O3. The molecule has 1 aromatic carbocycles. The lowest BCUT2D eigenvalue weighted by Gasteiger charge is -2.16. The molecule has 5 nitrogen and oxygen atoms in total. The molecule has 6 heteroatoms. The summed E-state index contributed by atoms with van der Waals surface area (Å²) >= 11 is 6.22. The van der Waals surface area contributed by atoms with Crippen LogP contribution < -0.4 is 15.4 Å². The van der Waals surface area contributed by atoms with Crippen molar-refractivity contribution < 1.29 is 14.3 Å². The first-order chi connectivity index (χ1) is 9.56. The number of carbonyl (C=O) groups is 1.